The number of rotatable bonds is 4. The average molecular weight is 261 g/mol. The van der Waals surface area contributed by atoms with E-state index in [0.29, 0.717) is 12.1 Å². The Kier molecular flexibility index (Phi) is 5.23. The fourth-order valence-electron chi connectivity index (χ4n) is 2.88. The lowest BCUT2D eigenvalue weighted by Gasteiger charge is -2.33. The molecule has 106 valence electrons. The monoisotopic (exact) mass is 261 g/mol. The van der Waals surface area contributed by atoms with Crippen molar-refractivity contribution in [1.29, 1.82) is 0 Å². The maximum absolute atomic E-state index is 3.28. The summed E-state index contributed by atoms with van der Waals surface area (Å²) in [7, 11) is 4.30. The Balaban J connectivity index is 2.12. The molecule has 0 amide bonds. The molecule has 0 aliphatic carbocycles. The fraction of sp³-hybridized carbons (Fsp3) is 0.625. The summed E-state index contributed by atoms with van der Waals surface area (Å²) in [5.41, 5.74) is 1.36. The molecule has 2 atom stereocenters. The lowest BCUT2D eigenvalue weighted by molar-refractivity contribution is 0.247. The molecular formula is C16H27N3. The van der Waals surface area contributed by atoms with Crippen molar-refractivity contribution in [3.8, 4) is 0 Å². The van der Waals surface area contributed by atoms with Crippen molar-refractivity contribution in [3.05, 3.63) is 30.3 Å². The highest BCUT2D eigenvalue weighted by atomic mass is 15.2. The summed E-state index contributed by atoms with van der Waals surface area (Å²) in [4.78, 5) is 5.10. The number of likely N-dealkylation sites (N-methyl/N-ethyl adjacent to an activating group) is 1. The summed E-state index contributed by atoms with van der Waals surface area (Å²) in [6, 6.07) is 12.1. The summed E-state index contributed by atoms with van der Waals surface area (Å²) < 4.78 is 0. The highest BCUT2D eigenvalue weighted by Crippen LogP contribution is 2.23. The van der Waals surface area contributed by atoms with Crippen LogP contribution in [0.4, 0.5) is 5.69 Å². The van der Waals surface area contributed by atoms with Gasteiger partial charge in [-0.05, 0) is 52.5 Å². The molecule has 1 fully saturated rings. The zero-order chi connectivity index (χ0) is 13.7. The molecule has 19 heavy (non-hydrogen) atoms. The van der Waals surface area contributed by atoms with Crippen LogP contribution in [0.25, 0.3) is 0 Å². The van der Waals surface area contributed by atoms with Gasteiger partial charge in [-0.2, -0.15) is 0 Å². The highest BCUT2D eigenvalue weighted by Gasteiger charge is 2.26. The Hall–Kier alpha value is -1.06. The van der Waals surface area contributed by atoms with E-state index < -0.39 is 0 Å². The topological polar surface area (TPSA) is 18.5 Å². The van der Waals surface area contributed by atoms with E-state index in [9.17, 15) is 0 Å². The van der Waals surface area contributed by atoms with Gasteiger partial charge < -0.3 is 15.1 Å². The number of anilines is 1. The van der Waals surface area contributed by atoms with E-state index in [1.165, 1.54) is 25.1 Å². The molecule has 1 aliphatic rings. The first-order chi connectivity index (χ1) is 9.22. The third-order valence-electron chi connectivity index (χ3n) is 4.28. The largest absolute Gasteiger partial charge is 0.367 e. The van der Waals surface area contributed by atoms with Gasteiger partial charge in [0, 0.05) is 30.9 Å². The fourth-order valence-corrected chi connectivity index (χ4v) is 2.88. The Morgan fingerprint density at radius 3 is 2.68 bits per heavy atom. The second kappa shape index (κ2) is 6.92. The van der Waals surface area contributed by atoms with E-state index in [1.807, 2.05) is 7.05 Å². The summed E-state index contributed by atoms with van der Waals surface area (Å²) in [5.74, 6) is 0. The van der Waals surface area contributed by atoms with Crippen molar-refractivity contribution >= 4 is 5.69 Å². The van der Waals surface area contributed by atoms with Gasteiger partial charge in [0.05, 0.1) is 0 Å². The molecule has 3 heteroatoms. The second-order valence-electron chi connectivity index (χ2n) is 5.65. The second-order valence-corrected chi connectivity index (χ2v) is 5.65. The van der Waals surface area contributed by atoms with Crippen LogP contribution in [0.1, 0.15) is 19.8 Å². The minimum atomic E-state index is 0.615. The number of hydrogen-bond acceptors (Lipinski definition) is 3. The zero-order valence-electron chi connectivity index (χ0n) is 12.5. The Morgan fingerprint density at radius 1 is 1.26 bits per heavy atom. The van der Waals surface area contributed by atoms with Crippen molar-refractivity contribution < 1.29 is 0 Å². The predicted octanol–water partition coefficient (Wildman–Crippen LogP) is 2.20. The van der Waals surface area contributed by atoms with Crippen LogP contribution in [0.3, 0.4) is 0 Å². The number of nitrogens with one attached hydrogen (secondary N) is 1. The van der Waals surface area contributed by atoms with Crippen molar-refractivity contribution in [2.45, 2.75) is 31.8 Å². The first-order valence-electron chi connectivity index (χ1n) is 7.39. The molecule has 1 aromatic carbocycles. The van der Waals surface area contributed by atoms with E-state index in [2.05, 4.69) is 59.4 Å². The first-order valence-corrected chi connectivity index (χ1v) is 7.39. The molecule has 0 saturated carbocycles. The van der Waals surface area contributed by atoms with E-state index >= 15 is 0 Å². The Bertz CT molecular complexity index is 366. The van der Waals surface area contributed by atoms with E-state index in [-0.39, 0.29) is 0 Å². The maximum atomic E-state index is 3.28. The van der Waals surface area contributed by atoms with Crippen LogP contribution in [-0.2, 0) is 0 Å². The van der Waals surface area contributed by atoms with Gasteiger partial charge in [0.15, 0.2) is 0 Å². The molecule has 1 N–H and O–H groups in total. The van der Waals surface area contributed by atoms with Crippen LogP contribution in [0.2, 0.25) is 0 Å². The third kappa shape index (κ3) is 3.71. The van der Waals surface area contributed by atoms with Crippen molar-refractivity contribution in [2.75, 3.05) is 38.6 Å². The van der Waals surface area contributed by atoms with Crippen molar-refractivity contribution in [3.63, 3.8) is 0 Å². The quantitative estimate of drug-likeness (QED) is 0.896. The van der Waals surface area contributed by atoms with Crippen LogP contribution in [0.5, 0.6) is 0 Å². The summed E-state index contributed by atoms with van der Waals surface area (Å²) in [6.07, 6.45) is 2.45. The maximum Gasteiger partial charge on any atom is 0.0369 e. The SMILES string of the molecule is CNCCC1CN(c2ccccc2)C(C)CCN1C. The zero-order valence-corrected chi connectivity index (χ0v) is 12.5. The molecule has 3 nitrogen and oxygen atoms in total. The van der Waals surface area contributed by atoms with Crippen molar-refractivity contribution in [1.82, 2.24) is 10.2 Å². The summed E-state index contributed by atoms with van der Waals surface area (Å²) >= 11 is 0. The van der Waals surface area contributed by atoms with E-state index in [0.717, 1.165) is 13.1 Å². The van der Waals surface area contributed by atoms with Gasteiger partial charge in [0.2, 0.25) is 0 Å². The highest BCUT2D eigenvalue weighted by molar-refractivity contribution is 5.47. The first kappa shape index (κ1) is 14.4. The van der Waals surface area contributed by atoms with Gasteiger partial charge in [-0.25, -0.2) is 0 Å². The van der Waals surface area contributed by atoms with Gasteiger partial charge >= 0.3 is 0 Å². The normalized spacial score (nSPS) is 25.3. The van der Waals surface area contributed by atoms with Gasteiger partial charge in [0.1, 0.15) is 0 Å². The minimum Gasteiger partial charge on any atom is -0.367 e. The number of nitrogens with zero attached hydrogens (tertiary/aromatic N) is 2. The third-order valence-corrected chi connectivity index (χ3v) is 4.28. The molecule has 1 saturated heterocycles. The van der Waals surface area contributed by atoms with Gasteiger partial charge in [-0.1, -0.05) is 18.2 Å². The standard InChI is InChI=1S/C16H27N3/c1-14-10-12-18(3)16(9-11-17-2)13-19(14)15-7-5-4-6-8-15/h4-8,14,16-17H,9-13H2,1-3H3. The molecule has 1 aliphatic heterocycles. The molecular weight excluding hydrogens is 234 g/mol. The summed E-state index contributed by atoms with van der Waals surface area (Å²) in [6.45, 7) is 5.76. The Morgan fingerprint density at radius 2 is 2.00 bits per heavy atom. The molecule has 2 rings (SSSR count). The molecule has 0 aromatic heterocycles. The molecule has 0 spiro atoms. The number of benzene rings is 1. The van der Waals surface area contributed by atoms with Gasteiger partial charge in [0.25, 0.3) is 0 Å². The number of para-hydroxylation sites is 1. The summed E-state index contributed by atoms with van der Waals surface area (Å²) in [5, 5.41) is 3.28. The lowest BCUT2D eigenvalue weighted by atomic mass is 10.1. The minimum absolute atomic E-state index is 0.615. The van der Waals surface area contributed by atoms with Crippen LogP contribution in [-0.4, -0.2) is 50.7 Å². The van der Waals surface area contributed by atoms with E-state index in [1.54, 1.807) is 0 Å². The Labute approximate surface area is 117 Å². The molecule has 1 heterocycles. The van der Waals surface area contributed by atoms with Crippen LogP contribution in [0, 0.1) is 0 Å². The van der Waals surface area contributed by atoms with E-state index in [4.69, 9.17) is 0 Å². The lowest BCUT2D eigenvalue weighted by Crippen LogP contribution is -2.42. The molecule has 0 bridgehead atoms. The molecule has 2 unspecified atom stereocenters. The predicted molar refractivity (Wildman–Crippen MR) is 82.8 cm³/mol. The molecule has 1 aromatic rings. The molecule has 0 radical (unpaired) electrons. The smallest absolute Gasteiger partial charge is 0.0369 e. The van der Waals surface area contributed by atoms with Crippen LogP contribution >= 0.6 is 0 Å². The van der Waals surface area contributed by atoms with Crippen LogP contribution in [0.15, 0.2) is 30.3 Å². The van der Waals surface area contributed by atoms with Gasteiger partial charge in [-0.15, -0.1) is 0 Å². The average Bonchev–Trinajstić information content (AvgIpc) is 2.58. The van der Waals surface area contributed by atoms with Crippen molar-refractivity contribution in [2.24, 2.45) is 0 Å². The number of hydrogen-bond donors (Lipinski definition) is 1. The van der Waals surface area contributed by atoms with Crippen LogP contribution < -0.4 is 10.2 Å². The van der Waals surface area contributed by atoms with Gasteiger partial charge in [-0.3, -0.25) is 0 Å².